The first kappa shape index (κ1) is 36.9. The first-order chi connectivity index (χ1) is 18.7. The lowest BCUT2D eigenvalue weighted by Crippen LogP contribution is -2.45. The fraction of sp³-hybridized carbons (Fsp3) is 0.853. The van der Waals surface area contributed by atoms with Crippen LogP contribution in [-0.2, 0) is 4.79 Å². The molecule has 4 nitrogen and oxygen atoms in total. The van der Waals surface area contributed by atoms with Crippen LogP contribution in [0.5, 0.6) is 0 Å². The van der Waals surface area contributed by atoms with Crippen LogP contribution in [0.25, 0.3) is 0 Å². The van der Waals surface area contributed by atoms with E-state index in [-0.39, 0.29) is 12.5 Å². The van der Waals surface area contributed by atoms with Crippen molar-refractivity contribution in [1.29, 1.82) is 0 Å². The molecule has 0 saturated carbocycles. The quantitative estimate of drug-likeness (QED) is 0.0660. The Morgan fingerprint density at radius 2 is 1.03 bits per heavy atom. The van der Waals surface area contributed by atoms with Crippen LogP contribution in [0.3, 0.4) is 0 Å². The lowest BCUT2D eigenvalue weighted by atomic mass is 10.1. The summed E-state index contributed by atoms with van der Waals surface area (Å²) in [6.45, 7) is 4.26. The normalized spacial score (nSPS) is 13.5. The predicted octanol–water partition coefficient (Wildman–Crippen LogP) is 9.34. The Kier molecular flexibility index (Phi) is 29.5. The van der Waals surface area contributed by atoms with Crippen LogP contribution in [-0.4, -0.2) is 34.9 Å². The summed E-state index contributed by atoms with van der Waals surface area (Å²) in [6.07, 6.45) is 36.9. The SMILES string of the molecule is CCCCCCCCCCCCC/C=C/CC/C=C/[C@@H](O)[C@H](CO)NC(=O)CCCCCCCCCCC. The standard InChI is InChI=1S/C34H65NO3/c1-3-5-7-9-11-13-14-15-16-17-18-19-20-22-23-25-27-29-33(37)32(31-36)35-34(38)30-28-26-24-21-12-10-8-6-4-2/h20,22,27,29,32-33,36-37H,3-19,21,23-26,28,30-31H2,1-2H3,(H,35,38)/b22-20+,29-27+/t32-,33+/m0/s1. The van der Waals surface area contributed by atoms with Gasteiger partial charge in [0.05, 0.1) is 18.8 Å². The Labute approximate surface area is 237 Å². The summed E-state index contributed by atoms with van der Waals surface area (Å²) in [5.74, 6) is -0.0789. The first-order valence-electron chi connectivity index (χ1n) is 16.6. The van der Waals surface area contributed by atoms with Gasteiger partial charge in [0, 0.05) is 6.42 Å². The van der Waals surface area contributed by atoms with Gasteiger partial charge in [-0.05, 0) is 32.1 Å². The number of carbonyl (C=O) groups excluding carboxylic acids is 1. The second-order valence-electron chi connectivity index (χ2n) is 11.2. The van der Waals surface area contributed by atoms with Crippen LogP contribution in [0, 0.1) is 0 Å². The molecule has 0 rings (SSSR count). The highest BCUT2D eigenvalue weighted by atomic mass is 16.3. The van der Waals surface area contributed by atoms with Gasteiger partial charge in [-0.15, -0.1) is 0 Å². The third-order valence-electron chi connectivity index (χ3n) is 7.44. The summed E-state index contributed by atoms with van der Waals surface area (Å²) in [7, 11) is 0. The van der Waals surface area contributed by atoms with Gasteiger partial charge >= 0.3 is 0 Å². The largest absolute Gasteiger partial charge is 0.394 e. The highest BCUT2D eigenvalue weighted by Gasteiger charge is 2.17. The van der Waals surface area contributed by atoms with Gasteiger partial charge < -0.3 is 15.5 Å². The van der Waals surface area contributed by atoms with Crippen molar-refractivity contribution in [3.63, 3.8) is 0 Å². The Balaban J connectivity index is 3.69. The third-order valence-corrected chi connectivity index (χ3v) is 7.44. The number of allylic oxidation sites excluding steroid dienone is 3. The summed E-state index contributed by atoms with van der Waals surface area (Å²) >= 11 is 0. The number of amides is 1. The van der Waals surface area contributed by atoms with Crippen molar-refractivity contribution in [2.75, 3.05) is 6.61 Å². The maximum absolute atomic E-state index is 12.2. The van der Waals surface area contributed by atoms with E-state index in [0.717, 1.165) is 32.1 Å². The average molecular weight is 536 g/mol. The molecule has 0 aliphatic rings. The van der Waals surface area contributed by atoms with Crippen LogP contribution >= 0.6 is 0 Å². The first-order valence-corrected chi connectivity index (χ1v) is 16.6. The molecule has 0 aliphatic carbocycles. The molecule has 0 bridgehead atoms. The molecule has 0 fully saturated rings. The van der Waals surface area contributed by atoms with Crippen LogP contribution in [0.1, 0.15) is 168 Å². The highest BCUT2D eigenvalue weighted by Crippen LogP contribution is 2.13. The van der Waals surface area contributed by atoms with E-state index in [1.54, 1.807) is 6.08 Å². The van der Waals surface area contributed by atoms with Crippen molar-refractivity contribution >= 4 is 5.91 Å². The number of rotatable bonds is 29. The van der Waals surface area contributed by atoms with Crippen molar-refractivity contribution in [3.05, 3.63) is 24.3 Å². The van der Waals surface area contributed by atoms with Crippen molar-refractivity contribution in [1.82, 2.24) is 5.32 Å². The third kappa shape index (κ3) is 26.5. The number of hydrogen-bond donors (Lipinski definition) is 3. The average Bonchev–Trinajstić information content (AvgIpc) is 2.92. The molecule has 0 aliphatic heterocycles. The van der Waals surface area contributed by atoms with Gasteiger partial charge in [-0.2, -0.15) is 0 Å². The molecule has 2 atom stereocenters. The Morgan fingerprint density at radius 1 is 0.605 bits per heavy atom. The number of aliphatic hydroxyl groups is 2. The van der Waals surface area contributed by atoms with Gasteiger partial charge in [-0.1, -0.05) is 154 Å². The summed E-state index contributed by atoms with van der Waals surface area (Å²) in [5, 5.41) is 22.7. The van der Waals surface area contributed by atoms with E-state index in [2.05, 4.69) is 31.3 Å². The Hall–Kier alpha value is -1.13. The zero-order valence-electron chi connectivity index (χ0n) is 25.4. The minimum Gasteiger partial charge on any atom is -0.394 e. The molecule has 38 heavy (non-hydrogen) atoms. The molecular formula is C34H65NO3. The number of unbranched alkanes of at least 4 members (excludes halogenated alkanes) is 20. The maximum atomic E-state index is 12.2. The van der Waals surface area contributed by atoms with E-state index in [0.29, 0.717) is 6.42 Å². The molecule has 224 valence electrons. The molecular weight excluding hydrogens is 470 g/mol. The van der Waals surface area contributed by atoms with Crippen molar-refractivity contribution < 1.29 is 15.0 Å². The van der Waals surface area contributed by atoms with Crippen molar-refractivity contribution in [2.24, 2.45) is 0 Å². The van der Waals surface area contributed by atoms with E-state index < -0.39 is 12.1 Å². The molecule has 0 radical (unpaired) electrons. The molecule has 0 aromatic rings. The number of nitrogens with one attached hydrogen (secondary N) is 1. The van der Waals surface area contributed by atoms with Crippen LogP contribution in [0.4, 0.5) is 0 Å². The zero-order chi connectivity index (χ0) is 27.9. The molecule has 0 aromatic carbocycles. The van der Waals surface area contributed by atoms with E-state index in [9.17, 15) is 15.0 Å². The van der Waals surface area contributed by atoms with E-state index in [1.165, 1.54) is 116 Å². The molecule has 0 heterocycles. The lowest BCUT2D eigenvalue weighted by molar-refractivity contribution is -0.123. The Bertz CT molecular complexity index is 546. The minimum absolute atomic E-state index is 0.0789. The van der Waals surface area contributed by atoms with Crippen LogP contribution < -0.4 is 5.32 Å². The molecule has 3 N–H and O–H groups in total. The monoisotopic (exact) mass is 535 g/mol. The lowest BCUT2D eigenvalue weighted by Gasteiger charge is -2.19. The smallest absolute Gasteiger partial charge is 0.220 e. The Morgan fingerprint density at radius 3 is 1.53 bits per heavy atom. The summed E-state index contributed by atoms with van der Waals surface area (Å²) in [6, 6.07) is -0.631. The summed E-state index contributed by atoms with van der Waals surface area (Å²) in [4.78, 5) is 12.2. The number of hydrogen-bond acceptors (Lipinski definition) is 3. The van der Waals surface area contributed by atoms with Gasteiger partial charge in [0.2, 0.25) is 5.91 Å². The molecule has 0 unspecified atom stereocenters. The van der Waals surface area contributed by atoms with Gasteiger partial charge in [-0.3, -0.25) is 4.79 Å². The second kappa shape index (κ2) is 30.4. The minimum atomic E-state index is -0.854. The summed E-state index contributed by atoms with van der Waals surface area (Å²) < 4.78 is 0. The fourth-order valence-electron chi connectivity index (χ4n) is 4.84. The van der Waals surface area contributed by atoms with Gasteiger partial charge in [0.25, 0.3) is 0 Å². The van der Waals surface area contributed by atoms with Crippen molar-refractivity contribution in [3.8, 4) is 0 Å². The van der Waals surface area contributed by atoms with Crippen LogP contribution in [0.15, 0.2) is 24.3 Å². The van der Waals surface area contributed by atoms with Crippen LogP contribution in [0.2, 0.25) is 0 Å². The topological polar surface area (TPSA) is 69.6 Å². The second-order valence-corrected chi connectivity index (χ2v) is 11.2. The highest BCUT2D eigenvalue weighted by molar-refractivity contribution is 5.76. The van der Waals surface area contributed by atoms with E-state index >= 15 is 0 Å². The zero-order valence-corrected chi connectivity index (χ0v) is 25.4. The number of aliphatic hydroxyl groups excluding tert-OH is 2. The summed E-state index contributed by atoms with van der Waals surface area (Å²) in [5.41, 5.74) is 0. The molecule has 4 heteroatoms. The van der Waals surface area contributed by atoms with Gasteiger partial charge in [0.15, 0.2) is 0 Å². The number of carbonyl (C=O) groups is 1. The fourth-order valence-corrected chi connectivity index (χ4v) is 4.84. The van der Waals surface area contributed by atoms with E-state index in [1.807, 2.05) is 6.08 Å². The van der Waals surface area contributed by atoms with E-state index in [4.69, 9.17) is 0 Å². The predicted molar refractivity (Wildman–Crippen MR) is 165 cm³/mol. The maximum Gasteiger partial charge on any atom is 0.220 e. The van der Waals surface area contributed by atoms with Crippen molar-refractivity contribution in [2.45, 2.75) is 180 Å². The molecule has 0 spiro atoms. The molecule has 0 saturated heterocycles. The molecule has 0 aromatic heterocycles. The van der Waals surface area contributed by atoms with Gasteiger partial charge in [-0.25, -0.2) is 0 Å². The molecule has 1 amide bonds. The van der Waals surface area contributed by atoms with Gasteiger partial charge in [0.1, 0.15) is 0 Å².